The van der Waals surface area contributed by atoms with Crippen LogP contribution in [0.3, 0.4) is 0 Å². The van der Waals surface area contributed by atoms with Crippen LogP contribution in [0.2, 0.25) is 0 Å². The quantitative estimate of drug-likeness (QED) is 0.792. The molecule has 0 unspecified atom stereocenters. The maximum Gasteiger partial charge on any atom is 0.164 e. The molecule has 2 heteroatoms. The van der Waals surface area contributed by atoms with Crippen molar-refractivity contribution in [1.29, 1.82) is 0 Å². The van der Waals surface area contributed by atoms with Crippen LogP contribution in [0.15, 0.2) is 30.3 Å². The molecule has 0 atom stereocenters. The van der Waals surface area contributed by atoms with Crippen molar-refractivity contribution < 1.29 is 9.90 Å². The summed E-state index contributed by atoms with van der Waals surface area (Å²) in [4.78, 5) is 12.1. The van der Waals surface area contributed by atoms with E-state index >= 15 is 0 Å². The van der Waals surface area contributed by atoms with Crippen LogP contribution >= 0.6 is 0 Å². The minimum atomic E-state index is -0.995. The normalized spacial score (nSPS) is 18.2. The fourth-order valence-electron chi connectivity index (χ4n) is 2.91. The summed E-state index contributed by atoms with van der Waals surface area (Å²) in [7, 11) is 0. The van der Waals surface area contributed by atoms with E-state index in [0.717, 1.165) is 38.5 Å². The lowest BCUT2D eigenvalue weighted by atomic mass is 9.80. The zero-order chi connectivity index (χ0) is 13.6. The molecular formula is C17H24O2. The Morgan fingerprint density at radius 1 is 1.05 bits per heavy atom. The van der Waals surface area contributed by atoms with E-state index in [-0.39, 0.29) is 5.78 Å². The summed E-state index contributed by atoms with van der Waals surface area (Å²) in [6, 6.07) is 10.4. The fraction of sp³-hybridized carbons (Fsp3) is 0.588. The maximum absolute atomic E-state index is 12.1. The van der Waals surface area contributed by atoms with Crippen LogP contribution in [0, 0.1) is 0 Å². The summed E-state index contributed by atoms with van der Waals surface area (Å²) in [6.45, 7) is 0. The Hall–Kier alpha value is -1.15. The molecule has 1 aromatic carbocycles. The van der Waals surface area contributed by atoms with E-state index in [1.54, 1.807) is 0 Å². The summed E-state index contributed by atoms with van der Waals surface area (Å²) >= 11 is 0. The first-order valence-corrected chi connectivity index (χ1v) is 7.50. The van der Waals surface area contributed by atoms with Gasteiger partial charge in [-0.3, -0.25) is 4.79 Å². The molecule has 0 aliphatic heterocycles. The lowest BCUT2D eigenvalue weighted by molar-refractivity contribution is -0.140. The highest BCUT2D eigenvalue weighted by atomic mass is 16.3. The Labute approximate surface area is 115 Å². The topological polar surface area (TPSA) is 37.3 Å². The molecule has 0 aromatic heterocycles. The molecule has 0 bridgehead atoms. The highest BCUT2D eigenvalue weighted by Crippen LogP contribution is 2.30. The van der Waals surface area contributed by atoms with E-state index in [1.807, 2.05) is 18.2 Å². The molecule has 1 aromatic rings. The Morgan fingerprint density at radius 3 is 2.42 bits per heavy atom. The first-order valence-electron chi connectivity index (χ1n) is 7.50. The van der Waals surface area contributed by atoms with Gasteiger partial charge in [-0.15, -0.1) is 0 Å². The highest BCUT2D eigenvalue weighted by Gasteiger charge is 2.35. The zero-order valence-electron chi connectivity index (χ0n) is 11.6. The van der Waals surface area contributed by atoms with Crippen molar-refractivity contribution >= 4 is 5.78 Å². The Kier molecular flexibility index (Phi) is 5.15. The van der Waals surface area contributed by atoms with E-state index in [9.17, 15) is 9.90 Å². The van der Waals surface area contributed by atoms with Gasteiger partial charge >= 0.3 is 0 Å². The summed E-state index contributed by atoms with van der Waals surface area (Å²) in [6.07, 6.45) is 7.94. The largest absolute Gasteiger partial charge is 0.382 e. The molecule has 1 fully saturated rings. The number of hydrogen-bond donors (Lipinski definition) is 1. The molecule has 2 rings (SSSR count). The van der Waals surface area contributed by atoms with Crippen LogP contribution in [-0.4, -0.2) is 16.5 Å². The van der Waals surface area contributed by atoms with Crippen LogP contribution in [0.5, 0.6) is 0 Å². The van der Waals surface area contributed by atoms with Gasteiger partial charge in [0.25, 0.3) is 0 Å². The second kappa shape index (κ2) is 6.85. The molecule has 0 spiro atoms. The maximum atomic E-state index is 12.1. The number of carbonyl (C=O) groups excluding carboxylic acids is 1. The van der Waals surface area contributed by atoms with Crippen molar-refractivity contribution in [1.82, 2.24) is 0 Å². The van der Waals surface area contributed by atoms with E-state index < -0.39 is 5.60 Å². The average Bonchev–Trinajstić information content (AvgIpc) is 2.45. The van der Waals surface area contributed by atoms with Gasteiger partial charge in [0, 0.05) is 6.42 Å². The molecule has 1 aliphatic carbocycles. The third-order valence-corrected chi connectivity index (χ3v) is 4.16. The smallest absolute Gasteiger partial charge is 0.164 e. The molecule has 1 aliphatic rings. The number of aryl methyl sites for hydroxylation is 1. The van der Waals surface area contributed by atoms with Gasteiger partial charge in [-0.1, -0.05) is 49.6 Å². The molecule has 104 valence electrons. The van der Waals surface area contributed by atoms with E-state index in [4.69, 9.17) is 0 Å². The van der Waals surface area contributed by atoms with E-state index in [0.29, 0.717) is 19.3 Å². The molecule has 1 N–H and O–H groups in total. The number of Topliss-reactive ketones (excluding diaryl/α,β-unsaturated/α-hetero) is 1. The van der Waals surface area contributed by atoms with Crippen molar-refractivity contribution in [2.24, 2.45) is 0 Å². The van der Waals surface area contributed by atoms with Crippen LogP contribution in [-0.2, 0) is 11.2 Å². The molecule has 0 radical (unpaired) electrons. The Balaban J connectivity index is 1.69. The van der Waals surface area contributed by atoms with Gasteiger partial charge in [-0.25, -0.2) is 0 Å². The molecular weight excluding hydrogens is 236 g/mol. The van der Waals surface area contributed by atoms with Gasteiger partial charge in [-0.05, 0) is 37.7 Å². The lowest BCUT2D eigenvalue weighted by Crippen LogP contribution is -2.40. The first-order chi connectivity index (χ1) is 9.21. The van der Waals surface area contributed by atoms with E-state index in [2.05, 4.69) is 12.1 Å². The van der Waals surface area contributed by atoms with Crippen molar-refractivity contribution in [3.05, 3.63) is 35.9 Å². The minimum Gasteiger partial charge on any atom is -0.382 e. The van der Waals surface area contributed by atoms with Gasteiger partial charge in [0.05, 0.1) is 0 Å². The van der Waals surface area contributed by atoms with Gasteiger partial charge in [0.1, 0.15) is 5.60 Å². The second-order valence-electron chi connectivity index (χ2n) is 5.71. The minimum absolute atomic E-state index is 0.0697. The van der Waals surface area contributed by atoms with Crippen LogP contribution < -0.4 is 0 Å². The third-order valence-electron chi connectivity index (χ3n) is 4.16. The zero-order valence-corrected chi connectivity index (χ0v) is 11.6. The summed E-state index contributed by atoms with van der Waals surface area (Å²) in [5.74, 6) is 0.0697. The third kappa shape index (κ3) is 4.17. The first kappa shape index (κ1) is 14.3. The summed E-state index contributed by atoms with van der Waals surface area (Å²) < 4.78 is 0. The van der Waals surface area contributed by atoms with Gasteiger partial charge < -0.3 is 5.11 Å². The lowest BCUT2D eigenvalue weighted by Gasteiger charge is -2.30. The Morgan fingerprint density at radius 2 is 1.74 bits per heavy atom. The number of aliphatic hydroxyl groups is 1. The van der Waals surface area contributed by atoms with Crippen molar-refractivity contribution in [2.45, 2.75) is 63.4 Å². The predicted octanol–water partition coefficient (Wildman–Crippen LogP) is 3.66. The van der Waals surface area contributed by atoms with Crippen LogP contribution in [0.25, 0.3) is 0 Å². The van der Waals surface area contributed by atoms with E-state index in [1.165, 1.54) is 5.56 Å². The van der Waals surface area contributed by atoms with Gasteiger partial charge in [0.15, 0.2) is 5.78 Å². The fourth-order valence-corrected chi connectivity index (χ4v) is 2.91. The number of hydrogen-bond acceptors (Lipinski definition) is 2. The van der Waals surface area contributed by atoms with Crippen molar-refractivity contribution in [3.8, 4) is 0 Å². The number of benzene rings is 1. The molecule has 0 saturated heterocycles. The summed E-state index contributed by atoms with van der Waals surface area (Å²) in [5, 5.41) is 10.3. The van der Waals surface area contributed by atoms with Crippen molar-refractivity contribution in [2.75, 3.05) is 0 Å². The van der Waals surface area contributed by atoms with Gasteiger partial charge in [-0.2, -0.15) is 0 Å². The molecule has 19 heavy (non-hydrogen) atoms. The molecule has 1 saturated carbocycles. The number of unbranched alkanes of at least 4 members (excludes halogenated alkanes) is 1. The number of rotatable bonds is 6. The Bertz CT molecular complexity index is 391. The number of ketones is 1. The second-order valence-corrected chi connectivity index (χ2v) is 5.71. The van der Waals surface area contributed by atoms with Gasteiger partial charge in [0.2, 0.25) is 0 Å². The summed E-state index contributed by atoms with van der Waals surface area (Å²) in [5.41, 5.74) is 0.330. The van der Waals surface area contributed by atoms with Crippen LogP contribution in [0.4, 0.5) is 0 Å². The molecule has 0 amide bonds. The monoisotopic (exact) mass is 260 g/mol. The predicted molar refractivity (Wildman–Crippen MR) is 77.0 cm³/mol. The SMILES string of the molecule is O=C(CCCCc1ccccc1)C1(O)CCCCC1. The van der Waals surface area contributed by atoms with Crippen LogP contribution in [0.1, 0.15) is 56.9 Å². The highest BCUT2D eigenvalue weighted by molar-refractivity contribution is 5.87. The average molecular weight is 260 g/mol. The molecule has 2 nitrogen and oxygen atoms in total. The standard InChI is InChI=1S/C17H24O2/c18-16(17(19)13-7-2-8-14-17)12-6-5-11-15-9-3-1-4-10-15/h1,3-4,9-10,19H,2,5-8,11-14H2. The number of carbonyl (C=O) groups is 1. The van der Waals surface area contributed by atoms with Crippen molar-refractivity contribution in [3.63, 3.8) is 0 Å². The molecule has 0 heterocycles.